The van der Waals surface area contributed by atoms with E-state index in [9.17, 15) is 24.2 Å². The third-order valence-corrected chi connectivity index (χ3v) is 5.59. The average Bonchev–Trinajstić information content (AvgIpc) is 2.97. The van der Waals surface area contributed by atoms with Crippen molar-refractivity contribution in [3.05, 3.63) is 58.4 Å². The minimum Gasteiger partial charge on any atom is -0.506 e. The first-order valence-electron chi connectivity index (χ1n) is 7.49. The maximum Gasteiger partial charge on any atom is 0.339 e. The van der Waals surface area contributed by atoms with Crippen molar-refractivity contribution in [1.82, 2.24) is 0 Å². The zero-order valence-electron chi connectivity index (χ0n) is 13.5. The van der Waals surface area contributed by atoms with Gasteiger partial charge in [0, 0.05) is 12.3 Å². The zero-order valence-corrected chi connectivity index (χ0v) is 15.1. The number of fused-ring (bicyclic) bond motifs is 1. The molecular weight excluding hydrogens is 381 g/mol. The number of carboxylic acids is 1. The minimum absolute atomic E-state index is 0.0338. The quantitative estimate of drug-likeness (QED) is 0.676. The van der Waals surface area contributed by atoms with E-state index in [4.69, 9.17) is 11.6 Å². The molecule has 1 aromatic heterocycles. The number of benzene rings is 2. The smallest absolute Gasteiger partial charge is 0.339 e. The van der Waals surface area contributed by atoms with Crippen LogP contribution >= 0.6 is 22.9 Å². The van der Waals surface area contributed by atoms with Crippen LogP contribution in [0.2, 0.25) is 5.02 Å². The number of carbonyl (C=O) groups is 2. The van der Waals surface area contributed by atoms with E-state index >= 15 is 0 Å². The third-order valence-electron chi connectivity index (χ3n) is 3.85. The van der Waals surface area contributed by atoms with Crippen LogP contribution in [-0.4, -0.2) is 22.1 Å². The summed E-state index contributed by atoms with van der Waals surface area (Å²) in [7, 11) is 0. The molecular formula is C18H13ClFNO4S. The standard InChI is InChI=1S/C18H13ClFNO4S/c1-9(22)21(8-10-2-4-11(20)5-3-10)17-14(18(24)25)12-6-7-13(23)15(19)16(12)26-17/h2-7,23H,8H2,1H3,(H,24,25). The molecule has 0 spiro atoms. The van der Waals surface area contributed by atoms with Crippen molar-refractivity contribution in [2.75, 3.05) is 4.90 Å². The lowest BCUT2D eigenvalue weighted by molar-refractivity contribution is -0.116. The number of phenolic OH excluding ortho intramolecular Hbond substituents is 1. The first-order valence-corrected chi connectivity index (χ1v) is 8.69. The second kappa shape index (κ2) is 6.93. The Morgan fingerprint density at radius 2 is 1.85 bits per heavy atom. The van der Waals surface area contributed by atoms with Gasteiger partial charge in [-0.15, -0.1) is 11.3 Å². The molecule has 0 aliphatic carbocycles. The Hall–Kier alpha value is -2.64. The highest BCUT2D eigenvalue weighted by Crippen LogP contribution is 2.44. The Kier molecular flexibility index (Phi) is 4.84. The van der Waals surface area contributed by atoms with E-state index in [1.54, 1.807) is 0 Å². The predicted octanol–water partition coefficient (Wildman–Crippen LogP) is 4.65. The largest absolute Gasteiger partial charge is 0.506 e. The lowest BCUT2D eigenvalue weighted by Crippen LogP contribution is -2.28. The van der Waals surface area contributed by atoms with Crippen LogP contribution < -0.4 is 4.90 Å². The van der Waals surface area contributed by atoms with Gasteiger partial charge in [-0.3, -0.25) is 9.69 Å². The fourth-order valence-corrected chi connectivity index (χ4v) is 4.15. The fourth-order valence-electron chi connectivity index (χ4n) is 2.60. The number of hydrogen-bond donors (Lipinski definition) is 2. The first-order chi connectivity index (χ1) is 12.3. The third kappa shape index (κ3) is 3.23. The summed E-state index contributed by atoms with van der Waals surface area (Å²) >= 11 is 7.11. The summed E-state index contributed by atoms with van der Waals surface area (Å²) in [5.74, 6) is -2.16. The second-order valence-corrected chi connectivity index (χ2v) is 6.97. The van der Waals surface area contributed by atoms with E-state index in [-0.39, 0.29) is 33.8 Å². The predicted molar refractivity (Wildman–Crippen MR) is 98.7 cm³/mol. The molecule has 0 aliphatic rings. The maximum absolute atomic E-state index is 13.1. The molecule has 0 aliphatic heterocycles. The number of aromatic hydroxyl groups is 1. The second-order valence-electron chi connectivity index (χ2n) is 5.59. The molecule has 1 amide bonds. The lowest BCUT2D eigenvalue weighted by Gasteiger charge is -2.20. The average molecular weight is 394 g/mol. The molecule has 0 saturated heterocycles. The van der Waals surface area contributed by atoms with Crippen molar-refractivity contribution in [2.45, 2.75) is 13.5 Å². The zero-order chi connectivity index (χ0) is 19.0. The summed E-state index contributed by atoms with van der Waals surface area (Å²) < 4.78 is 13.5. The fraction of sp³-hybridized carbons (Fsp3) is 0.111. The molecule has 26 heavy (non-hydrogen) atoms. The number of phenols is 1. The maximum atomic E-state index is 13.1. The van der Waals surface area contributed by atoms with Crippen LogP contribution in [0.15, 0.2) is 36.4 Å². The van der Waals surface area contributed by atoms with Gasteiger partial charge in [0.2, 0.25) is 5.91 Å². The molecule has 0 bridgehead atoms. The van der Waals surface area contributed by atoms with Gasteiger partial charge in [-0.2, -0.15) is 0 Å². The van der Waals surface area contributed by atoms with Crippen LogP contribution in [0.4, 0.5) is 9.39 Å². The highest BCUT2D eigenvalue weighted by Gasteiger charge is 2.27. The van der Waals surface area contributed by atoms with Gasteiger partial charge in [0.25, 0.3) is 0 Å². The Morgan fingerprint density at radius 3 is 2.42 bits per heavy atom. The first kappa shape index (κ1) is 18.2. The Balaban J connectivity index is 2.17. The molecule has 2 aromatic carbocycles. The normalized spacial score (nSPS) is 10.9. The number of hydrogen-bond acceptors (Lipinski definition) is 4. The molecule has 0 atom stereocenters. The molecule has 134 valence electrons. The molecule has 0 radical (unpaired) electrons. The lowest BCUT2D eigenvalue weighted by atomic mass is 10.1. The van der Waals surface area contributed by atoms with Crippen LogP contribution in [0, 0.1) is 5.82 Å². The molecule has 8 heteroatoms. The van der Waals surface area contributed by atoms with Crippen molar-refractivity contribution in [3.8, 4) is 5.75 Å². The SMILES string of the molecule is CC(=O)N(Cc1ccc(F)cc1)c1sc2c(Cl)c(O)ccc2c1C(=O)O. The molecule has 3 aromatic rings. The Bertz CT molecular complexity index is 1020. The topological polar surface area (TPSA) is 77.8 Å². The van der Waals surface area contributed by atoms with Crippen molar-refractivity contribution in [2.24, 2.45) is 0 Å². The summed E-state index contributed by atoms with van der Waals surface area (Å²) in [4.78, 5) is 25.3. The Morgan fingerprint density at radius 1 is 1.19 bits per heavy atom. The number of anilines is 1. The van der Waals surface area contributed by atoms with Gasteiger partial charge in [-0.25, -0.2) is 9.18 Å². The van der Waals surface area contributed by atoms with E-state index in [1.807, 2.05) is 0 Å². The summed E-state index contributed by atoms with van der Waals surface area (Å²) in [6.45, 7) is 1.39. The molecule has 0 saturated carbocycles. The van der Waals surface area contributed by atoms with Crippen LogP contribution in [0.1, 0.15) is 22.8 Å². The van der Waals surface area contributed by atoms with Crippen molar-refractivity contribution < 1.29 is 24.2 Å². The van der Waals surface area contributed by atoms with Gasteiger partial charge in [-0.1, -0.05) is 23.7 Å². The summed E-state index contributed by atoms with van der Waals surface area (Å²) in [5, 5.41) is 20.0. The van der Waals surface area contributed by atoms with E-state index < -0.39 is 11.8 Å². The van der Waals surface area contributed by atoms with Gasteiger partial charge in [0.05, 0.1) is 11.2 Å². The van der Waals surface area contributed by atoms with Crippen molar-refractivity contribution >= 4 is 49.9 Å². The summed E-state index contributed by atoms with van der Waals surface area (Å²) in [6.07, 6.45) is 0. The number of thiophene rings is 1. The van der Waals surface area contributed by atoms with E-state index in [0.717, 1.165) is 11.3 Å². The number of carbonyl (C=O) groups excluding carboxylic acids is 1. The highest BCUT2D eigenvalue weighted by atomic mass is 35.5. The van der Waals surface area contributed by atoms with E-state index in [2.05, 4.69) is 0 Å². The van der Waals surface area contributed by atoms with Crippen LogP contribution in [0.5, 0.6) is 5.75 Å². The van der Waals surface area contributed by atoms with Crippen LogP contribution in [0.3, 0.4) is 0 Å². The molecule has 2 N–H and O–H groups in total. The molecule has 0 fully saturated rings. The number of halogens is 2. The van der Waals surface area contributed by atoms with E-state index in [0.29, 0.717) is 15.6 Å². The van der Waals surface area contributed by atoms with E-state index in [1.165, 1.54) is 48.2 Å². The highest BCUT2D eigenvalue weighted by molar-refractivity contribution is 7.24. The van der Waals surface area contributed by atoms with Crippen LogP contribution in [-0.2, 0) is 11.3 Å². The van der Waals surface area contributed by atoms with Crippen LogP contribution in [0.25, 0.3) is 10.1 Å². The van der Waals surface area contributed by atoms with Gasteiger partial charge >= 0.3 is 5.97 Å². The molecule has 0 unspecified atom stereocenters. The minimum atomic E-state index is -1.21. The van der Waals surface area contributed by atoms with Gasteiger partial charge in [0.1, 0.15) is 27.2 Å². The van der Waals surface area contributed by atoms with Crippen molar-refractivity contribution in [1.29, 1.82) is 0 Å². The van der Waals surface area contributed by atoms with Gasteiger partial charge in [0.15, 0.2) is 0 Å². The Labute approximate surface area is 156 Å². The van der Waals surface area contributed by atoms with Crippen molar-refractivity contribution in [3.63, 3.8) is 0 Å². The number of rotatable bonds is 4. The number of aromatic carboxylic acids is 1. The number of amides is 1. The monoisotopic (exact) mass is 393 g/mol. The van der Waals surface area contributed by atoms with Gasteiger partial charge < -0.3 is 10.2 Å². The summed E-state index contributed by atoms with van der Waals surface area (Å²) in [5.41, 5.74) is 0.577. The number of nitrogens with zero attached hydrogens (tertiary/aromatic N) is 1. The van der Waals surface area contributed by atoms with Gasteiger partial charge in [-0.05, 0) is 29.8 Å². The molecule has 1 heterocycles. The number of carboxylic acid groups (broad SMARTS) is 1. The summed E-state index contributed by atoms with van der Waals surface area (Å²) in [6, 6.07) is 8.36. The molecule has 3 rings (SSSR count). The molecule has 5 nitrogen and oxygen atoms in total.